The zero-order valence-corrected chi connectivity index (χ0v) is 16.9. The van der Waals surface area contributed by atoms with Gasteiger partial charge in [0.05, 0.1) is 29.9 Å². The van der Waals surface area contributed by atoms with Gasteiger partial charge in [-0.25, -0.2) is 15.0 Å². The van der Waals surface area contributed by atoms with Crippen molar-refractivity contribution in [3.63, 3.8) is 0 Å². The number of H-pyrrole nitrogens is 1. The molecule has 8 nitrogen and oxygen atoms in total. The minimum Gasteiger partial charge on any atom is -0.391 e. The Kier molecular flexibility index (Phi) is 5.13. The monoisotopic (exact) mass is 417 g/mol. The maximum Gasteiger partial charge on any atom is 0.228 e. The molecule has 1 aromatic heterocycles. The van der Waals surface area contributed by atoms with Crippen molar-refractivity contribution in [3.05, 3.63) is 71.9 Å². The molecule has 8 heteroatoms. The summed E-state index contributed by atoms with van der Waals surface area (Å²) in [6.45, 7) is 1.96. The van der Waals surface area contributed by atoms with Gasteiger partial charge in [0.15, 0.2) is 11.6 Å². The number of carbonyl (C=O) groups excluding carboxylic acids is 1. The Balaban J connectivity index is 1.27. The first-order valence-electron chi connectivity index (χ1n) is 10.4. The second kappa shape index (κ2) is 8.23. The smallest absolute Gasteiger partial charge is 0.228 e. The van der Waals surface area contributed by atoms with E-state index in [1.165, 1.54) is 0 Å². The van der Waals surface area contributed by atoms with Crippen molar-refractivity contribution in [2.24, 2.45) is 4.99 Å². The van der Waals surface area contributed by atoms with Crippen LogP contribution < -0.4 is 4.84 Å². The molecule has 0 radical (unpaired) electrons. The summed E-state index contributed by atoms with van der Waals surface area (Å²) in [6.07, 6.45) is 5.07. The van der Waals surface area contributed by atoms with E-state index in [4.69, 9.17) is 4.84 Å². The van der Waals surface area contributed by atoms with Crippen LogP contribution >= 0.6 is 0 Å². The first-order valence-corrected chi connectivity index (χ1v) is 10.4. The molecule has 1 atom stereocenters. The number of aliphatic hydroxyl groups is 1. The van der Waals surface area contributed by atoms with Gasteiger partial charge in [0.25, 0.3) is 0 Å². The van der Waals surface area contributed by atoms with Gasteiger partial charge in [0.2, 0.25) is 5.78 Å². The third kappa shape index (κ3) is 4.15. The Labute approximate surface area is 179 Å². The van der Waals surface area contributed by atoms with Crippen LogP contribution in [-0.4, -0.2) is 62.8 Å². The largest absolute Gasteiger partial charge is 0.391 e. The molecule has 1 saturated heterocycles. The van der Waals surface area contributed by atoms with E-state index in [2.05, 4.69) is 19.9 Å². The summed E-state index contributed by atoms with van der Waals surface area (Å²) >= 11 is 0. The molecule has 0 amide bonds. The fourth-order valence-electron chi connectivity index (χ4n) is 3.82. The molecule has 31 heavy (non-hydrogen) atoms. The van der Waals surface area contributed by atoms with E-state index in [0.717, 1.165) is 36.2 Å². The van der Waals surface area contributed by atoms with Crippen molar-refractivity contribution in [2.45, 2.75) is 18.9 Å². The van der Waals surface area contributed by atoms with E-state index in [1.807, 2.05) is 30.5 Å². The number of aliphatic imine (C=N–C) groups is 1. The number of likely N-dealkylation sites (tertiary alicyclic amines) is 1. The molecule has 2 aromatic carbocycles. The van der Waals surface area contributed by atoms with Crippen molar-refractivity contribution in [3.8, 4) is 5.75 Å². The van der Waals surface area contributed by atoms with Crippen molar-refractivity contribution < 1.29 is 14.7 Å². The average Bonchev–Trinajstić information content (AvgIpc) is 3.24. The van der Waals surface area contributed by atoms with Crippen LogP contribution in [0.5, 0.6) is 5.75 Å². The fraction of sp³-hybridized carbons (Fsp3) is 0.261. The highest BCUT2D eigenvalue weighted by atomic mass is 16.7. The molecule has 3 heterocycles. The first-order chi connectivity index (χ1) is 15.2. The van der Waals surface area contributed by atoms with Gasteiger partial charge in [-0.05, 0) is 49.2 Å². The number of imidazole rings is 1. The molecule has 3 aromatic rings. The molecule has 158 valence electrons. The number of ketones is 1. The summed E-state index contributed by atoms with van der Waals surface area (Å²) in [4.78, 5) is 32.6. The van der Waals surface area contributed by atoms with E-state index >= 15 is 0 Å². The first kappa shape index (κ1) is 19.3. The molecule has 1 unspecified atom stereocenters. The Morgan fingerprint density at radius 3 is 2.81 bits per heavy atom. The predicted octanol–water partition coefficient (Wildman–Crippen LogP) is 2.73. The van der Waals surface area contributed by atoms with Crippen LogP contribution in [0.2, 0.25) is 0 Å². The number of rotatable bonds is 5. The summed E-state index contributed by atoms with van der Waals surface area (Å²) in [5.41, 5.74) is 2.13. The van der Waals surface area contributed by atoms with Crippen molar-refractivity contribution in [1.29, 1.82) is 0 Å². The van der Waals surface area contributed by atoms with Gasteiger partial charge in [0.1, 0.15) is 5.82 Å². The second-order valence-electron chi connectivity index (χ2n) is 7.69. The Morgan fingerprint density at radius 1 is 1.16 bits per heavy atom. The number of hydroxylamine groups is 2. The van der Waals surface area contributed by atoms with E-state index in [1.54, 1.807) is 35.5 Å². The van der Waals surface area contributed by atoms with Crippen LogP contribution in [0.4, 0.5) is 0 Å². The maximum absolute atomic E-state index is 12.8. The highest BCUT2D eigenvalue weighted by Crippen LogP contribution is 2.21. The second-order valence-corrected chi connectivity index (χ2v) is 7.69. The van der Waals surface area contributed by atoms with Crippen molar-refractivity contribution >= 4 is 23.0 Å². The number of benzene rings is 2. The Hall–Kier alpha value is -3.65. The molecule has 2 N–H and O–H groups in total. The van der Waals surface area contributed by atoms with Crippen LogP contribution in [-0.2, 0) is 0 Å². The molecule has 0 spiro atoms. The molecule has 0 bridgehead atoms. The predicted molar refractivity (Wildman–Crippen MR) is 117 cm³/mol. The molecular weight excluding hydrogens is 394 g/mol. The van der Waals surface area contributed by atoms with Gasteiger partial charge in [-0.1, -0.05) is 12.1 Å². The highest BCUT2D eigenvalue weighted by molar-refractivity contribution is 6.08. The fourth-order valence-corrected chi connectivity index (χ4v) is 3.82. The number of carbonyl (C=O) groups is 1. The minimum absolute atomic E-state index is 0.168. The van der Waals surface area contributed by atoms with Crippen LogP contribution in [0.25, 0.3) is 11.0 Å². The molecule has 2 aliphatic heterocycles. The number of β-amino-alcohol motifs (C(OH)–C–C–N with tert-alkyl or cyclic N) is 1. The van der Waals surface area contributed by atoms with Crippen molar-refractivity contribution in [2.75, 3.05) is 19.6 Å². The lowest BCUT2D eigenvalue weighted by atomic mass is 10.1. The number of para-hydroxylation sites is 2. The number of nitrogens with one attached hydrogen (secondary N) is 1. The maximum atomic E-state index is 12.8. The van der Waals surface area contributed by atoms with Gasteiger partial charge in [-0.15, -0.1) is 0 Å². The third-order valence-electron chi connectivity index (χ3n) is 5.41. The number of aliphatic hydroxyl groups excluding tert-OH is 1. The number of fused-ring (bicyclic) bond motifs is 1. The van der Waals surface area contributed by atoms with E-state index in [9.17, 15) is 9.90 Å². The lowest BCUT2D eigenvalue weighted by Crippen LogP contribution is -2.39. The van der Waals surface area contributed by atoms with Crippen LogP contribution in [0.1, 0.15) is 29.0 Å². The van der Waals surface area contributed by atoms with Crippen LogP contribution in [0.15, 0.2) is 65.5 Å². The molecule has 1 fully saturated rings. The summed E-state index contributed by atoms with van der Waals surface area (Å²) in [5.74, 6) is 1.55. The number of piperidine rings is 1. The number of aromatic nitrogens is 2. The molecule has 5 rings (SSSR count). The molecule has 0 aliphatic carbocycles. The SMILES string of the molecule is O=C(c1ccc(ON2C=C(N3CCCC(O)C3)N=CC2)cc1)c1nc2ccccc2[nH]1. The summed E-state index contributed by atoms with van der Waals surface area (Å²) in [5, 5.41) is 11.6. The summed E-state index contributed by atoms with van der Waals surface area (Å²) in [7, 11) is 0. The van der Waals surface area contributed by atoms with Gasteiger partial charge in [-0.3, -0.25) is 4.79 Å². The standard InChI is InChI=1S/C23H23N5O3/c29-17-4-3-12-27(14-17)21-15-28(13-11-24-21)31-18-9-7-16(8-10-18)22(30)23-25-19-5-1-2-6-20(19)26-23/h1-2,5-11,15,17,29H,3-4,12-14H2,(H,25,26). The summed E-state index contributed by atoms with van der Waals surface area (Å²) in [6, 6.07) is 14.5. The van der Waals surface area contributed by atoms with Crippen LogP contribution in [0.3, 0.4) is 0 Å². The zero-order valence-electron chi connectivity index (χ0n) is 16.9. The third-order valence-corrected chi connectivity index (χ3v) is 5.41. The zero-order chi connectivity index (χ0) is 21.2. The number of aromatic amines is 1. The van der Waals surface area contributed by atoms with Gasteiger partial charge < -0.3 is 19.8 Å². The van der Waals surface area contributed by atoms with Crippen LogP contribution in [0, 0.1) is 0 Å². The Morgan fingerprint density at radius 2 is 2.00 bits per heavy atom. The average molecular weight is 417 g/mol. The van der Waals surface area contributed by atoms with Gasteiger partial charge in [0, 0.05) is 24.9 Å². The minimum atomic E-state index is -0.321. The lowest BCUT2D eigenvalue weighted by molar-refractivity contribution is 0.00294. The molecule has 2 aliphatic rings. The van der Waals surface area contributed by atoms with Gasteiger partial charge >= 0.3 is 0 Å². The van der Waals surface area contributed by atoms with E-state index in [-0.39, 0.29) is 11.9 Å². The van der Waals surface area contributed by atoms with E-state index in [0.29, 0.717) is 30.2 Å². The normalized spacial score (nSPS) is 18.9. The van der Waals surface area contributed by atoms with E-state index < -0.39 is 0 Å². The number of nitrogens with zero attached hydrogens (tertiary/aromatic N) is 4. The number of hydrogen-bond donors (Lipinski definition) is 2. The Bertz CT molecular complexity index is 1120. The van der Waals surface area contributed by atoms with Crippen molar-refractivity contribution in [1.82, 2.24) is 19.9 Å². The molecule has 0 saturated carbocycles. The summed E-state index contributed by atoms with van der Waals surface area (Å²) < 4.78 is 0. The topological polar surface area (TPSA) is 94.1 Å². The molecular formula is C23H23N5O3. The highest BCUT2D eigenvalue weighted by Gasteiger charge is 2.21. The number of hydrogen-bond acceptors (Lipinski definition) is 7. The quantitative estimate of drug-likeness (QED) is 0.620. The van der Waals surface area contributed by atoms with Gasteiger partial charge in [-0.2, -0.15) is 0 Å². The lowest BCUT2D eigenvalue weighted by Gasteiger charge is -2.34.